The van der Waals surface area contributed by atoms with E-state index in [9.17, 15) is 0 Å². The quantitative estimate of drug-likeness (QED) is 0.294. The molecule has 1 nitrogen and oxygen atoms in total. The summed E-state index contributed by atoms with van der Waals surface area (Å²) in [5.41, 5.74) is 0. The van der Waals surface area contributed by atoms with Gasteiger partial charge in [-0.2, -0.15) is 0 Å². The SMILES string of the molecule is C=CCC(C)[N+](=C)C. The first kappa shape index (κ1) is 7.41. The predicted molar refractivity (Wildman–Crippen MR) is 37.6 cm³/mol. The van der Waals surface area contributed by atoms with Crippen LogP contribution in [0.5, 0.6) is 0 Å². The van der Waals surface area contributed by atoms with Crippen LogP contribution in [0.4, 0.5) is 0 Å². The second-order valence-corrected chi connectivity index (χ2v) is 2.13. The van der Waals surface area contributed by atoms with Crippen LogP contribution in [0, 0.1) is 0 Å². The zero-order valence-electron chi connectivity index (χ0n) is 5.72. The van der Waals surface area contributed by atoms with Gasteiger partial charge in [-0.3, -0.25) is 0 Å². The molecule has 1 unspecified atom stereocenters. The Balaban J connectivity index is 3.46. The molecular weight excluding hydrogens is 98.1 g/mol. The molecule has 1 atom stereocenters. The lowest BCUT2D eigenvalue weighted by atomic mass is 10.2. The Labute approximate surface area is 51.3 Å². The zero-order chi connectivity index (χ0) is 6.57. The average molecular weight is 112 g/mol. The Morgan fingerprint density at radius 1 is 1.75 bits per heavy atom. The Bertz CT molecular complexity index is 94.6. The number of hydrogen-bond acceptors (Lipinski definition) is 0. The lowest BCUT2D eigenvalue weighted by Crippen LogP contribution is -2.15. The van der Waals surface area contributed by atoms with Crippen molar-refractivity contribution in [3.8, 4) is 0 Å². The molecule has 46 valence electrons. The number of hydrogen-bond donors (Lipinski definition) is 0. The highest BCUT2D eigenvalue weighted by Gasteiger charge is 2.02. The minimum absolute atomic E-state index is 0.521. The first-order valence-electron chi connectivity index (χ1n) is 2.82. The third-order valence-corrected chi connectivity index (χ3v) is 1.26. The van der Waals surface area contributed by atoms with Crippen molar-refractivity contribution in [3.63, 3.8) is 0 Å². The van der Waals surface area contributed by atoms with Gasteiger partial charge in [0.15, 0.2) is 6.04 Å². The van der Waals surface area contributed by atoms with Crippen LogP contribution < -0.4 is 0 Å². The number of rotatable bonds is 3. The second-order valence-electron chi connectivity index (χ2n) is 2.13. The minimum Gasteiger partial charge on any atom is -0.242 e. The summed E-state index contributed by atoms with van der Waals surface area (Å²) in [6.45, 7) is 9.49. The molecule has 0 aromatic rings. The van der Waals surface area contributed by atoms with E-state index >= 15 is 0 Å². The normalized spacial score (nSPS) is 12.8. The lowest BCUT2D eigenvalue weighted by Gasteiger charge is -2.00. The predicted octanol–water partition coefficient (Wildman–Crippen LogP) is 1.29. The molecule has 8 heavy (non-hydrogen) atoms. The van der Waals surface area contributed by atoms with E-state index in [1.165, 1.54) is 0 Å². The van der Waals surface area contributed by atoms with Crippen molar-refractivity contribution in [1.29, 1.82) is 0 Å². The summed E-state index contributed by atoms with van der Waals surface area (Å²) in [5.74, 6) is 0. The smallest absolute Gasteiger partial charge is 0.152 e. The molecule has 0 aromatic heterocycles. The fourth-order valence-electron chi connectivity index (χ4n) is 0.421. The average Bonchev–Trinajstić information content (AvgIpc) is 1.67. The van der Waals surface area contributed by atoms with E-state index < -0.39 is 0 Å². The second kappa shape index (κ2) is 3.42. The molecule has 0 heterocycles. The van der Waals surface area contributed by atoms with Crippen LogP contribution in [-0.2, 0) is 0 Å². The topological polar surface area (TPSA) is 3.01 Å². The summed E-state index contributed by atoms with van der Waals surface area (Å²) in [6.07, 6.45) is 2.92. The van der Waals surface area contributed by atoms with Crippen LogP contribution in [0.25, 0.3) is 0 Å². The first-order valence-corrected chi connectivity index (χ1v) is 2.82. The Hall–Kier alpha value is -0.590. The molecule has 0 aliphatic carbocycles. The monoisotopic (exact) mass is 112 g/mol. The van der Waals surface area contributed by atoms with Gasteiger partial charge >= 0.3 is 0 Å². The van der Waals surface area contributed by atoms with Crippen LogP contribution >= 0.6 is 0 Å². The summed E-state index contributed by atoms with van der Waals surface area (Å²) in [4.78, 5) is 0. The van der Waals surface area contributed by atoms with Crippen molar-refractivity contribution in [1.82, 2.24) is 0 Å². The highest BCUT2D eigenvalue weighted by molar-refractivity contribution is 5.14. The van der Waals surface area contributed by atoms with Gasteiger partial charge in [-0.05, 0) is 6.92 Å². The summed E-state index contributed by atoms with van der Waals surface area (Å²) in [7, 11) is 1.97. The molecule has 0 bridgehead atoms. The summed E-state index contributed by atoms with van der Waals surface area (Å²) in [6, 6.07) is 0.521. The molecule has 0 spiro atoms. The molecule has 0 aliphatic heterocycles. The van der Waals surface area contributed by atoms with Crippen molar-refractivity contribution in [2.75, 3.05) is 7.05 Å². The fraction of sp³-hybridized carbons (Fsp3) is 0.571. The maximum Gasteiger partial charge on any atom is 0.152 e. The Morgan fingerprint density at radius 2 is 2.25 bits per heavy atom. The molecule has 0 fully saturated rings. The molecule has 0 aromatic carbocycles. The number of nitrogens with zero attached hydrogens (tertiary/aromatic N) is 1. The maximum absolute atomic E-state index is 3.74. The maximum atomic E-state index is 3.74. The fourth-order valence-corrected chi connectivity index (χ4v) is 0.421. The van der Waals surface area contributed by atoms with E-state index in [0.717, 1.165) is 6.42 Å². The highest BCUT2D eigenvalue weighted by atomic mass is 15.0. The van der Waals surface area contributed by atoms with E-state index in [4.69, 9.17) is 0 Å². The van der Waals surface area contributed by atoms with Crippen LogP contribution in [-0.4, -0.2) is 24.4 Å². The van der Waals surface area contributed by atoms with Crippen LogP contribution in [0.15, 0.2) is 12.7 Å². The van der Waals surface area contributed by atoms with Gasteiger partial charge in [-0.25, -0.2) is 4.58 Å². The van der Waals surface area contributed by atoms with E-state index in [0.29, 0.717) is 6.04 Å². The molecule has 0 radical (unpaired) electrons. The van der Waals surface area contributed by atoms with Gasteiger partial charge in [0.1, 0.15) is 13.8 Å². The van der Waals surface area contributed by atoms with Gasteiger partial charge in [0.05, 0.1) is 0 Å². The standard InChI is InChI=1S/C7H14N/c1-5-6-7(2)8(3)4/h5,7H,1,3,6H2,2,4H3/q+1. The summed E-state index contributed by atoms with van der Waals surface area (Å²) >= 11 is 0. The van der Waals surface area contributed by atoms with E-state index in [-0.39, 0.29) is 0 Å². The molecule has 0 saturated carbocycles. The van der Waals surface area contributed by atoms with Crippen molar-refractivity contribution >= 4 is 6.72 Å². The third-order valence-electron chi connectivity index (χ3n) is 1.26. The summed E-state index contributed by atoms with van der Waals surface area (Å²) < 4.78 is 1.93. The van der Waals surface area contributed by atoms with Gasteiger partial charge in [-0.15, -0.1) is 6.58 Å². The van der Waals surface area contributed by atoms with Gasteiger partial charge in [0.2, 0.25) is 0 Å². The van der Waals surface area contributed by atoms with Gasteiger partial charge in [-0.1, -0.05) is 6.08 Å². The van der Waals surface area contributed by atoms with E-state index in [1.54, 1.807) is 0 Å². The van der Waals surface area contributed by atoms with Crippen LogP contribution in [0.1, 0.15) is 13.3 Å². The summed E-state index contributed by atoms with van der Waals surface area (Å²) in [5, 5.41) is 0. The van der Waals surface area contributed by atoms with E-state index in [1.807, 2.05) is 17.7 Å². The Morgan fingerprint density at radius 3 is 2.38 bits per heavy atom. The molecule has 1 heteroatoms. The first-order chi connectivity index (χ1) is 3.68. The molecule has 0 saturated heterocycles. The van der Waals surface area contributed by atoms with Crippen molar-refractivity contribution in [2.24, 2.45) is 0 Å². The van der Waals surface area contributed by atoms with Gasteiger partial charge in [0, 0.05) is 6.42 Å². The van der Waals surface area contributed by atoms with Gasteiger partial charge in [0.25, 0.3) is 0 Å². The molecule has 0 rings (SSSR count). The van der Waals surface area contributed by atoms with Crippen molar-refractivity contribution in [3.05, 3.63) is 12.7 Å². The molecule has 0 N–H and O–H groups in total. The largest absolute Gasteiger partial charge is 0.242 e. The Kier molecular flexibility index (Phi) is 3.16. The molecular formula is C7H14N+. The molecule has 0 amide bonds. The third kappa shape index (κ3) is 2.56. The van der Waals surface area contributed by atoms with E-state index in [2.05, 4.69) is 20.2 Å². The lowest BCUT2D eigenvalue weighted by molar-refractivity contribution is -0.524. The highest BCUT2D eigenvalue weighted by Crippen LogP contribution is 1.92. The van der Waals surface area contributed by atoms with Crippen LogP contribution in [0.2, 0.25) is 0 Å². The van der Waals surface area contributed by atoms with Gasteiger partial charge < -0.3 is 0 Å². The minimum atomic E-state index is 0.521. The zero-order valence-corrected chi connectivity index (χ0v) is 5.72. The molecule has 0 aliphatic rings. The van der Waals surface area contributed by atoms with Crippen LogP contribution in [0.3, 0.4) is 0 Å². The van der Waals surface area contributed by atoms with Crippen molar-refractivity contribution < 1.29 is 4.58 Å². The van der Waals surface area contributed by atoms with Crippen molar-refractivity contribution in [2.45, 2.75) is 19.4 Å².